The fourth-order valence-electron chi connectivity index (χ4n) is 1.74. The minimum Gasteiger partial charge on any atom is -0.353 e. The first kappa shape index (κ1) is 15.1. The fourth-order valence-corrected chi connectivity index (χ4v) is 1.74. The normalized spacial score (nSPS) is 23.2. The van der Waals surface area contributed by atoms with Gasteiger partial charge >= 0.3 is 0 Å². The van der Waals surface area contributed by atoms with Gasteiger partial charge in [0.05, 0.1) is 6.61 Å². The summed E-state index contributed by atoms with van der Waals surface area (Å²) in [7, 11) is 0. The van der Waals surface area contributed by atoms with Crippen LogP contribution in [-0.4, -0.2) is 25.8 Å². The van der Waals surface area contributed by atoms with E-state index in [0.29, 0.717) is 6.61 Å². The first-order chi connectivity index (χ1) is 8.72. The SMILES string of the molecule is CC(=CCOC1CCCCO1)CC=CC(C)C=O. The number of carbonyl (C=O) groups is 1. The monoisotopic (exact) mass is 252 g/mol. The van der Waals surface area contributed by atoms with Gasteiger partial charge in [0.15, 0.2) is 6.29 Å². The molecule has 1 aliphatic heterocycles. The predicted octanol–water partition coefficient (Wildman–Crippen LogP) is 3.26. The van der Waals surface area contributed by atoms with E-state index in [4.69, 9.17) is 9.47 Å². The molecule has 18 heavy (non-hydrogen) atoms. The largest absolute Gasteiger partial charge is 0.353 e. The van der Waals surface area contributed by atoms with Crippen LogP contribution in [0.25, 0.3) is 0 Å². The quantitative estimate of drug-likeness (QED) is 0.515. The first-order valence-electron chi connectivity index (χ1n) is 6.73. The van der Waals surface area contributed by atoms with Crippen molar-refractivity contribution in [3.05, 3.63) is 23.8 Å². The van der Waals surface area contributed by atoms with Crippen molar-refractivity contribution >= 4 is 6.29 Å². The number of hydrogen-bond donors (Lipinski definition) is 0. The zero-order valence-corrected chi connectivity index (χ0v) is 11.4. The minimum absolute atomic E-state index is 0.00434. The molecule has 0 aromatic heterocycles. The molecule has 1 fully saturated rings. The molecule has 0 aliphatic carbocycles. The van der Waals surface area contributed by atoms with Gasteiger partial charge < -0.3 is 14.3 Å². The summed E-state index contributed by atoms with van der Waals surface area (Å²) in [5, 5.41) is 0. The Morgan fingerprint density at radius 3 is 3.00 bits per heavy atom. The average molecular weight is 252 g/mol. The van der Waals surface area contributed by atoms with Crippen LogP contribution >= 0.6 is 0 Å². The lowest BCUT2D eigenvalue weighted by Crippen LogP contribution is -2.22. The minimum atomic E-state index is -0.0200. The Morgan fingerprint density at radius 1 is 1.50 bits per heavy atom. The lowest BCUT2D eigenvalue weighted by molar-refractivity contribution is -0.155. The molecule has 2 atom stereocenters. The van der Waals surface area contributed by atoms with Crippen molar-refractivity contribution in [2.45, 2.75) is 45.8 Å². The summed E-state index contributed by atoms with van der Waals surface area (Å²) >= 11 is 0. The Hall–Kier alpha value is -0.930. The van der Waals surface area contributed by atoms with E-state index >= 15 is 0 Å². The van der Waals surface area contributed by atoms with Crippen LogP contribution in [0.5, 0.6) is 0 Å². The Kier molecular flexibility index (Phi) is 7.62. The molecule has 3 nitrogen and oxygen atoms in total. The second-order valence-electron chi connectivity index (χ2n) is 4.81. The van der Waals surface area contributed by atoms with Crippen LogP contribution in [0.1, 0.15) is 39.5 Å². The molecule has 1 heterocycles. The molecule has 0 aromatic rings. The van der Waals surface area contributed by atoms with Crippen LogP contribution in [0.4, 0.5) is 0 Å². The van der Waals surface area contributed by atoms with Gasteiger partial charge in [-0.15, -0.1) is 0 Å². The second-order valence-corrected chi connectivity index (χ2v) is 4.81. The molecule has 0 aromatic carbocycles. The van der Waals surface area contributed by atoms with Gasteiger partial charge in [-0.3, -0.25) is 0 Å². The van der Waals surface area contributed by atoms with Gasteiger partial charge in [0, 0.05) is 12.5 Å². The Labute approximate surface area is 110 Å². The molecular weight excluding hydrogens is 228 g/mol. The van der Waals surface area contributed by atoms with E-state index in [1.54, 1.807) is 0 Å². The molecule has 0 bridgehead atoms. The van der Waals surface area contributed by atoms with Crippen molar-refractivity contribution in [1.82, 2.24) is 0 Å². The van der Waals surface area contributed by atoms with Crippen molar-refractivity contribution in [1.29, 1.82) is 0 Å². The van der Waals surface area contributed by atoms with Gasteiger partial charge in [0.25, 0.3) is 0 Å². The maximum Gasteiger partial charge on any atom is 0.157 e. The molecule has 1 aliphatic rings. The van der Waals surface area contributed by atoms with Crippen molar-refractivity contribution < 1.29 is 14.3 Å². The number of rotatable bonds is 7. The highest BCUT2D eigenvalue weighted by atomic mass is 16.7. The zero-order valence-electron chi connectivity index (χ0n) is 11.4. The van der Waals surface area contributed by atoms with Gasteiger partial charge in [-0.25, -0.2) is 0 Å². The third-order valence-corrected chi connectivity index (χ3v) is 2.95. The van der Waals surface area contributed by atoms with Gasteiger partial charge in [0.2, 0.25) is 0 Å². The predicted molar refractivity (Wildman–Crippen MR) is 72.3 cm³/mol. The standard InChI is InChI=1S/C15H24O3/c1-13(6-5-7-14(2)12-16)9-11-18-15-8-3-4-10-17-15/h5,7,9,12,14-15H,3-4,6,8,10-11H2,1-2H3. The van der Waals surface area contributed by atoms with Crippen LogP contribution in [0, 0.1) is 5.92 Å². The molecule has 1 rings (SSSR count). The highest BCUT2D eigenvalue weighted by Gasteiger charge is 2.12. The van der Waals surface area contributed by atoms with Crippen LogP contribution in [0.3, 0.4) is 0 Å². The first-order valence-corrected chi connectivity index (χ1v) is 6.73. The Bertz CT molecular complexity index is 288. The fraction of sp³-hybridized carbons (Fsp3) is 0.667. The topological polar surface area (TPSA) is 35.5 Å². The summed E-state index contributed by atoms with van der Waals surface area (Å²) in [4.78, 5) is 10.4. The second kappa shape index (κ2) is 9.06. The highest BCUT2D eigenvalue weighted by Crippen LogP contribution is 2.13. The number of carbonyl (C=O) groups excluding carboxylic acids is 1. The van der Waals surface area contributed by atoms with Crippen molar-refractivity contribution in [3.8, 4) is 0 Å². The van der Waals surface area contributed by atoms with E-state index in [-0.39, 0.29) is 12.2 Å². The van der Waals surface area contributed by atoms with Crippen LogP contribution in [0.2, 0.25) is 0 Å². The molecule has 1 saturated heterocycles. The molecule has 0 saturated carbocycles. The lowest BCUT2D eigenvalue weighted by atomic mass is 10.1. The molecule has 102 valence electrons. The van der Waals surface area contributed by atoms with Gasteiger partial charge in [-0.1, -0.05) is 30.7 Å². The number of aldehydes is 1. The number of ether oxygens (including phenoxy) is 2. The third kappa shape index (κ3) is 6.72. The van der Waals surface area contributed by atoms with E-state index in [2.05, 4.69) is 13.0 Å². The van der Waals surface area contributed by atoms with Crippen LogP contribution < -0.4 is 0 Å². The highest BCUT2D eigenvalue weighted by molar-refractivity contribution is 5.55. The molecule has 3 heteroatoms. The smallest absolute Gasteiger partial charge is 0.157 e. The van der Waals surface area contributed by atoms with E-state index in [9.17, 15) is 4.79 Å². The molecular formula is C15H24O3. The number of hydrogen-bond acceptors (Lipinski definition) is 3. The van der Waals surface area contributed by atoms with E-state index in [1.807, 2.05) is 19.1 Å². The summed E-state index contributed by atoms with van der Waals surface area (Å²) < 4.78 is 11.1. The molecule has 0 spiro atoms. The van der Waals surface area contributed by atoms with Crippen molar-refractivity contribution in [3.63, 3.8) is 0 Å². The summed E-state index contributed by atoms with van der Waals surface area (Å²) in [6, 6.07) is 0. The maximum absolute atomic E-state index is 10.4. The van der Waals surface area contributed by atoms with Crippen LogP contribution in [0.15, 0.2) is 23.8 Å². The Balaban J connectivity index is 2.16. The summed E-state index contributed by atoms with van der Waals surface area (Å²) in [5.41, 5.74) is 1.25. The van der Waals surface area contributed by atoms with Gasteiger partial charge in [0.1, 0.15) is 6.29 Å². The summed E-state index contributed by atoms with van der Waals surface area (Å²) in [6.07, 6.45) is 11.2. The van der Waals surface area contributed by atoms with Crippen molar-refractivity contribution in [2.75, 3.05) is 13.2 Å². The summed E-state index contributed by atoms with van der Waals surface area (Å²) in [5.74, 6) is 0.00434. The Morgan fingerprint density at radius 2 is 2.33 bits per heavy atom. The van der Waals surface area contributed by atoms with E-state index in [0.717, 1.165) is 32.2 Å². The average Bonchev–Trinajstić information content (AvgIpc) is 2.39. The van der Waals surface area contributed by atoms with E-state index in [1.165, 1.54) is 12.0 Å². The van der Waals surface area contributed by atoms with Gasteiger partial charge in [-0.2, -0.15) is 0 Å². The number of allylic oxidation sites excluding steroid dienone is 3. The van der Waals surface area contributed by atoms with Crippen molar-refractivity contribution in [2.24, 2.45) is 5.92 Å². The molecule has 0 amide bonds. The molecule has 0 radical (unpaired) electrons. The zero-order chi connectivity index (χ0) is 13.2. The lowest BCUT2D eigenvalue weighted by Gasteiger charge is -2.22. The maximum atomic E-state index is 10.4. The molecule has 2 unspecified atom stereocenters. The van der Waals surface area contributed by atoms with Crippen LogP contribution in [-0.2, 0) is 14.3 Å². The van der Waals surface area contributed by atoms with E-state index < -0.39 is 0 Å². The summed E-state index contributed by atoms with van der Waals surface area (Å²) in [6.45, 7) is 5.38. The van der Waals surface area contributed by atoms with Gasteiger partial charge in [-0.05, 0) is 32.6 Å². The third-order valence-electron chi connectivity index (χ3n) is 2.95. The molecule has 0 N–H and O–H groups in total.